The highest BCUT2D eigenvalue weighted by atomic mass is 16.5. The van der Waals surface area contributed by atoms with Crippen LogP contribution in [-0.4, -0.2) is 6.61 Å². The third kappa shape index (κ3) is 7.45. The standard InChI is InChI=1S/C27H44O/c1-3-5-23-11-13-25(14-12-23)15-16-26-17-19-27(20-18-26)28-21-4-6-24-9-7-22(2)8-10-24/h17-20,22-25H,3-16,21H2,1-2H3. The predicted molar refractivity (Wildman–Crippen MR) is 121 cm³/mol. The Kier molecular flexibility index (Phi) is 9.22. The van der Waals surface area contributed by atoms with Gasteiger partial charge in [0.1, 0.15) is 5.75 Å². The minimum Gasteiger partial charge on any atom is -0.494 e. The zero-order valence-corrected chi connectivity index (χ0v) is 18.6. The van der Waals surface area contributed by atoms with Crippen molar-refractivity contribution in [1.82, 2.24) is 0 Å². The van der Waals surface area contributed by atoms with Crippen LogP contribution in [0.1, 0.15) is 103 Å². The smallest absolute Gasteiger partial charge is 0.119 e. The third-order valence-electron chi connectivity index (χ3n) is 7.59. The maximum Gasteiger partial charge on any atom is 0.119 e. The van der Waals surface area contributed by atoms with Crippen LogP contribution >= 0.6 is 0 Å². The van der Waals surface area contributed by atoms with E-state index in [1.807, 2.05) is 0 Å². The SMILES string of the molecule is CCCC1CCC(CCc2ccc(OCCCC3CCC(C)CC3)cc2)CC1. The van der Waals surface area contributed by atoms with Crippen molar-refractivity contribution in [1.29, 1.82) is 0 Å². The molecule has 0 radical (unpaired) electrons. The van der Waals surface area contributed by atoms with Gasteiger partial charge in [0, 0.05) is 0 Å². The summed E-state index contributed by atoms with van der Waals surface area (Å²) in [6.45, 7) is 5.62. The summed E-state index contributed by atoms with van der Waals surface area (Å²) >= 11 is 0. The highest BCUT2D eigenvalue weighted by Gasteiger charge is 2.20. The van der Waals surface area contributed by atoms with Crippen molar-refractivity contribution < 1.29 is 4.74 Å². The molecule has 0 saturated heterocycles. The van der Waals surface area contributed by atoms with Crippen LogP contribution in [0.15, 0.2) is 24.3 Å². The van der Waals surface area contributed by atoms with Crippen LogP contribution in [0.2, 0.25) is 0 Å². The molecule has 2 saturated carbocycles. The second-order valence-corrected chi connectivity index (χ2v) is 9.97. The Bertz CT molecular complexity index is 518. The first-order valence-electron chi connectivity index (χ1n) is 12.4. The molecule has 0 unspecified atom stereocenters. The zero-order valence-electron chi connectivity index (χ0n) is 18.6. The van der Waals surface area contributed by atoms with Gasteiger partial charge in [-0.05, 0) is 67.1 Å². The third-order valence-corrected chi connectivity index (χ3v) is 7.59. The Balaban J connectivity index is 1.27. The topological polar surface area (TPSA) is 9.23 Å². The van der Waals surface area contributed by atoms with Gasteiger partial charge in [-0.3, -0.25) is 0 Å². The summed E-state index contributed by atoms with van der Waals surface area (Å²) < 4.78 is 6.00. The minimum atomic E-state index is 0.881. The molecule has 0 aromatic heterocycles. The molecule has 1 aromatic carbocycles. The Morgan fingerprint density at radius 3 is 1.96 bits per heavy atom. The molecule has 0 spiro atoms. The molecule has 0 bridgehead atoms. The van der Waals surface area contributed by atoms with Crippen LogP contribution in [0, 0.1) is 23.7 Å². The summed E-state index contributed by atoms with van der Waals surface area (Å²) in [5, 5.41) is 0. The number of hydrogen-bond donors (Lipinski definition) is 0. The highest BCUT2D eigenvalue weighted by Crippen LogP contribution is 2.34. The number of hydrogen-bond acceptors (Lipinski definition) is 1. The van der Waals surface area contributed by atoms with Gasteiger partial charge in [-0.2, -0.15) is 0 Å². The van der Waals surface area contributed by atoms with Crippen molar-refractivity contribution in [2.24, 2.45) is 23.7 Å². The molecule has 0 amide bonds. The van der Waals surface area contributed by atoms with Crippen molar-refractivity contribution in [3.63, 3.8) is 0 Å². The summed E-state index contributed by atoms with van der Waals surface area (Å²) in [5.41, 5.74) is 1.49. The molecule has 0 N–H and O–H groups in total. The molecule has 1 heteroatoms. The van der Waals surface area contributed by atoms with Crippen molar-refractivity contribution >= 4 is 0 Å². The Labute approximate surface area is 174 Å². The van der Waals surface area contributed by atoms with Crippen LogP contribution in [0.25, 0.3) is 0 Å². The van der Waals surface area contributed by atoms with E-state index in [1.165, 1.54) is 95.5 Å². The zero-order chi connectivity index (χ0) is 19.6. The fraction of sp³-hybridized carbons (Fsp3) is 0.778. The molecule has 2 fully saturated rings. The molecular weight excluding hydrogens is 340 g/mol. The fourth-order valence-electron chi connectivity index (χ4n) is 5.52. The summed E-state index contributed by atoms with van der Waals surface area (Å²) in [4.78, 5) is 0. The molecule has 1 nitrogen and oxygen atoms in total. The summed E-state index contributed by atoms with van der Waals surface area (Å²) in [6, 6.07) is 8.96. The van der Waals surface area contributed by atoms with E-state index in [4.69, 9.17) is 4.74 Å². The van der Waals surface area contributed by atoms with E-state index in [0.29, 0.717) is 0 Å². The average Bonchev–Trinajstić information content (AvgIpc) is 2.73. The monoisotopic (exact) mass is 384 g/mol. The van der Waals surface area contributed by atoms with E-state index < -0.39 is 0 Å². The molecular formula is C27H44O. The van der Waals surface area contributed by atoms with Crippen molar-refractivity contribution in [3.05, 3.63) is 29.8 Å². The second kappa shape index (κ2) is 11.9. The van der Waals surface area contributed by atoms with Crippen LogP contribution in [0.4, 0.5) is 0 Å². The van der Waals surface area contributed by atoms with Gasteiger partial charge in [0.25, 0.3) is 0 Å². The Hall–Kier alpha value is -0.980. The van der Waals surface area contributed by atoms with Crippen LogP contribution in [0.3, 0.4) is 0 Å². The summed E-state index contributed by atoms with van der Waals surface area (Å²) in [6.07, 6.45) is 19.6. The maximum atomic E-state index is 6.00. The van der Waals surface area contributed by atoms with E-state index in [0.717, 1.165) is 36.0 Å². The lowest BCUT2D eigenvalue weighted by molar-refractivity contribution is 0.244. The van der Waals surface area contributed by atoms with Gasteiger partial charge in [-0.15, -0.1) is 0 Å². The molecule has 1 aromatic rings. The lowest BCUT2D eigenvalue weighted by Gasteiger charge is -2.28. The fourth-order valence-corrected chi connectivity index (χ4v) is 5.52. The van der Waals surface area contributed by atoms with Crippen molar-refractivity contribution in [3.8, 4) is 5.75 Å². The quantitative estimate of drug-likeness (QED) is 0.369. The Morgan fingerprint density at radius 2 is 1.32 bits per heavy atom. The van der Waals surface area contributed by atoms with Crippen LogP contribution in [0.5, 0.6) is 5.75 Å². The van der Waals surface area contributed by atoms with Gasteiger partial charge in [0.2, 0.25) is 0 Å². The maximum absolute atomic E-state index is 6.00. The lowest BCUT2D eigenvalue weighted by Crippen LogP contribution is -2.15. The van der Waals surface area contributed by atoms with Crippen LogP contribution < -0.4 is 4.74 Å². The van der Waals surface area contributed by atoms with E-state index in [2.05, 4.69) is 38.1 Å². The lowest BCUT2D eigenvalue weighted by atomic mass is 9.78. The second-order valence-electron chi connectivity index (χ2n) is 9.97. The van der Waals surface area contributed by atoms with Gasteiger partial charge in [-0.25, -0.2) is 0 Å². The first kappa shape index (κ1) is 21.7. The minimum absolute atomic E-state index is 0.881. The first-order chi connectivity index (χ1) is 13.7. The highest BCUT2D eigenvalue weighted by molar-refractivity contribution is 5.27. The number of benzene rings is 1. The Morgan fingerprint density at radius 1 is 0.750 bits per heavy atom. The average molecular weight is 385 g/mol. The molecule has 2 aliphatic carbocycles. The van der Waals surface area contributed by atoms with Crippen LogP contribution in [-0.2, 0) is 6.42 Å². The molecule has 0 heterocycles. The molecule has 0 atom stereocenters. The summed E-state index contributed by atoms with van der Waals surface area (Å²) in [5.74, 6) is 4.97. The van der Waals surface area contributed by atoms with E-state index >= 15 is 0 Å². The van der Waals surface area contributed by atoms with Gasteiger partial charge in [-0.1, -0.05) is 90.2 Å². The molecule has 28 heavy (non-hydrogen) atoms. The van der Waals surface area contributed by atoms with Crippen molar-refractivity contribution in [2.45, 2.75) is 104 Å². The van der Waals surface area contributed by atoms with E-state index in [9.17, 15) is 0 Å². The van der Waals surface area contributed by atoms with Crippen molar-refractivity contribution in [2.75, 3.05) is 6.61 Å². The number of aryl methyl sites for hydroxylation is 1. The summed E-state index contributed by atoms with van der Waals surface area (Å²) in [7, 11) is 0. The largest absolute Gasteiger partial charge is 0.494 e. The van der Waals surface area contributed by atoms with Gasteiger partial charge in [0.05, 0.1) is 6.61 Å². The van der Waals surface area contributed by atoms with Gasteiger partial charge < -0.3 is 4.74 Å². The molecule has 0 aliphatic heterocycles. The predicted octanol–water partition coefficient (Wildman–Crippen LogP) is 8.21. The van der Waals surface area contributed by atoms with E-state index in [1.54, 1.807) is 0 Å². The number of rotatable bonds is 10. The van der Waals surface area contributed by atoms with Gasteiger partial charge in [0.15, 0.2) is 0 Å². The van der Waals surface area contributed by atoms with E-state index in [-0.39, 0.29) is 0 Å². The van der Waals surface area contributed by atoms with Gasteiger partial charge >= 0.3 is 0 Å². The molecule has 2 aliphatic rings. The first-order valence-corrected chi connectivity index (χ1v) is 12.4. The number of ether oxygens (including phenoxy) is 1. The molecule has 3 rings (SSSR count). The normalized spacial score (nSPS) is 28.2. The molecule has 158 valence electrons.